The molecule has 0 amide bonds. The second kappa shape index (κ2) is 3.83. The Morgan fingerprint density at radius 1 is 1.64 bits per heavy atom. The van der Waals surface area contributed by atoms with Gasteiger partial charge in [-0.25, -0.2) is 0 Å². The summed E-state index contributed by atoms with van der Waals surface area (Å²) in [5.41, 5.74) is 0. The molecule has 1 heterocycles. The molecule has 0 aliphatic heterocycles. The molecule has 3 heteroatoms. The highest BCUT2D eigenvalue weighted by Gasteiger charge is 1.97. The van der Waals surface area contributed by atoms with Crippen LogP contribution >= 0.6 is 12.2 Å². The quantitative estimate of drug-likeness (QED) is 0.296. The van der Waals surface area contributed by atoms with Crippen molar-refractivity contribution in [3.8, 4) is 0 Å². The van der Waals surface area contributed by atoms with Gasteiger partial charge in [-0.05, 0) is 24.3 Å². The van der Waals surface area contributed by atoms with E-state index in [4.69, 9.17) is 16.6 Å². The van der Waals surface area contributed by atoms with E-state index in [0.717, 1.165) is 0 Å². The van der Waals surface area contributed by atoms with Crippen LogP contribution in [0.15, 0.2) is 35.0 Å². The van der Waals surface area contributed by atoms with Crippen molar-refractivity contribution in [2.24, 2.45) is 0 Å². The zero-order valence-electron chi connectivity index (χ0n) is 5.69. The van der Waals surface area contributed by atoms with Gasteiger partial charge < -0.3 is 4.42 Å². The monoisotopic (exact) mass is 166 g/mol. The first kappa shape index (κ1) is 7.88. The number of thiocarbonyl (C=S) groups is 1. The molecule has 0 saturated carbocycles. The molecule has 0 N–H and O–H groups in total. The van der Waals surface area contributed by atoms with E-state index in [9.17, 15) is 4.79 Å². The smallest absolute Gasteiger partial charge is 0.144 e. The fraction of sp³-hybridized carbons (Fsp3) is 0. The molecule has 1 rings (SSSR count). The molecule has 11 heavy (non-hydrogen) atoms. The Balaban J connectivity index is 2.71. The Morgan fingerprint density at radius 2 is 2.45 bits per heavy atom. The Morgan fingerprint density at radius 3 is 3.00 bits per heavy atom. The fourth-order valence-corrected chi connectivity index (χ4v) is 0.822. The van der Waals surface area contributed by atoms with E-state index in [1.54, 1.807) is 12.1 Å². The van der Waals surface area contributed by atoms with E-state index >= 15 is 0 Å². The lowest BCUT2D eigenvalue weighted by Crippen LogP contribution is -1.87. The first-order valence-electron chi connectivity index (χ1n) is 3.04. The van der Waals surface area contributed by atoms with Crippen molar-refractivity contribution in [3.05, 3.63) is 36.3 Å². The van der Waals surface area contributed by atoms with Gasteiger partial charge in [0.05, 0.1) is 11.1 Å². The number of hydrogen-bond acceptors (Lipinski definition) is 3. The molecule has 0 bridgehead atoms. The van der Waals surface area contributed by atoms with E-state index in [1.807, 2.05) is 0 Å². The number of furan rings is 1. The topological polar surface area (TPSA) is 30.2 Å². The number of allylic oxidation sites excluding steroid dienone is 2. The summed E-state index contributed by atoms with van der Waals surface area (Å²) in [5.74, 6) is 0.609. The van der Waals surface area contributed by atoms with Gasteiger partial charge >= 0.3 is 0 Å². The number of aldehydes is 1. The number of carbonyl (C=O) groups excluding carboxylic acids is 1. The number of hydrogen-bond donors (Lipinski definition) is 0. The largest absolute Gasteiger partial charge is 0.463 e. The summed E-state index contributed by atoms with van der Waals surface area (Å²) in [4.78, 5) is 10.4. The van der Waals surface area contributed by atoms with Gasteiger partial charge in [-0.2, -0.15) is 0 Å². The maximum atomic E-state index is 9.90. The molecule has 0 aliphatic carbocycles. The summed E-state index contributed by atoms with van der Waals surface area (Å²) >= 11 is 4.90. The molecule has 1 aromatic rings. The summed E-state index contributed by atoms with van der Waals surface area (Å²) < 4.78 is 4.98. The molecule has 0 fully saturated rings. The molecule has 56 valence electrons. The highest BCUT2D eigenvalue weighted by Crippen LogP contribution is 2.02. The molecule has 0 aliphatic rings. The Kier molecular flexibility index (Phi) is 2.74. The predicted octanol–water partition coefficient (Wildman–Crippen LogP) is 1.75. The van der Waals surface area contributed by atoms with Crippen LogP contribution in [0, 0.1) is 0 Å². The van der Waals surface area contributed by atoms with Crippen LogP contribution in [-0.4, -0.2) is 11.2 Å². The van der Waals surface area contributed by atoms with Gasteiger partial charge in [0.2, 0.25) is 0 Å². The van der Waals surface area contributed by atoms with Crippen molar-refractivity contribution in [1.82, 2.24) is 0 Å². The van der Waals surface area contributed by atoms with E-state index < -0.39 is 0 Å². The molecule has 2 nitrogen and oxygen atoms in total. The maximum absolute atomic E-state index is 9.90. The van der Waals surface area contributed by atoms with Gasteiger partial charge in [-0.1, -0.05) is 12.2 Å². The van der Waals surface area contributed by atoms with Crippen molar-refractivity contribution < 1.29 is 9.21 Å². The predicted molar refractivity (Wildman–Crippen MR) is 45.6 cm³/mol. The summed E-state index contributed by atoms with van der Waals surface area (Å²) in [7, 11) is 0. The van der Waals surface area contributed by atoms with Gasteiger partial charge in [-0.15, -0.1) is 0 Å². The average Bonchev–Trinajstić information content (AvgIpc) is 2.52. The minimum Gasteiger partial charge on any atom is -0.463 e. The highest BCUT2D eigenvalue weighted by atomic mass is 32.1. The van der Waals surface area contributed by atoms with Gasteiger partial charge in [0, 0.05) is 0 Å². The molecular formula is C8H6O2S. The van der Waals surface area contributed by atoms with Crippen LogP contribution in [0.25, 0.3) is 0 Å². The summed E-state index contributed by atoms with van der Waals surface area (Å²) in [6.45, 7) is 0. The second-order valence-electron chi connectivity index (χ2n) is 1.84. The Bertz CT molecular complexity index is 272. The first-order chi connectivity index (χ1) is 5.34. The molecule has 1 aromatic heterocycles. The van der Waals surface area contributed by atoms with Crippen LogP contribution in [0.3, 0.4) is 0 Å². The van der Waals surface area contributed by atoms with Crippen LogP contribution in [0.1, 0.15) is 5.76 Å². The van der Waals surface area contributed by atoms with Crippen molar-refractivity contribution in [1.29, 1.82) is 0 Å². The van der Waals surface area contributed by atoms with Gasteiger partial charge in [0.1, 0.15) is 12.0 Å². The van der Waals surface area contributed by atoms with Crippen molar-refractivity contribution in [3.63, 3.8) is 0 Å². The Labute approximate surface area is 69.5 Å². The van der Waals surface area contributed by atoms with Crippen LogP contribution < -0.4 is 0 Å². The number of carbonyl (C=O) groups is 1. The van der Waals surface area contributed by atoms with Gasteiger partial charge in [0.15, 0.2) is 0 Å². The highest BCUT2D eigenvalue weighted by molar-refractivity contribution is 7.81. The van der Waals surface area contributed by atoms with Gasteiger partial charge in [-0.3, -0.25) is 4.79 Å². The van der Waals surface area contributed by atoms with Crippen molar-refractivity contribution in [2.75, 3.05) is 0 Å². The van der Waals surface area contributed by atoms with Crippen LogP contribution in [-0.2, 0) is 4.79 Å². The average molecular weight is 166 g/mol. The lowest BCUT2D eigenvalue weighted by atomic mass is 10.3. The first-order valence-corrected chi connectivity index (χ1v) is 3.45. The standard InChI is InChI=1S/C8H6O2S/c9-5-1-4-8(11)7-3-2-6-10-7/h1-6H. The lowest BCUT2D eigenvalue weighted by Gasteiger charge is -1.87. The van der Waals surface area contributed by atoms with E-state index in [2.05, 4.69) is 0 Å². The molecule has 0 saturated heterocycles. The maximum Gasteiger partial charge on any atom is 0.144 e. The molecule has 0 aromatic carbocycles. The van der Waals surface area contributed by atoms with Crippen LogP contribution in [0.4, 0.5) is 0 Å². The van der Waals surface area contributed by atoms with Gasteiger partial charge in [0.25, 0.3) is 0 Å². The molecule has 0 atom stereocenters. The third-order valence-electron chi connectivity index (χ3n) is 1.09. The van der Waals surface area contributed by atoms with Crippen molar-refractivity contribution in [2.45, 2.75) is 0 Å². The SMILES string of the molecule is O=CC=CC(=S)c1ccco1. The molecule has 0 spiro atoms. The molecular weight excluding hydrogens is 160 g/mol. The van der Waals surface area contributed by atoms with E-state index in [0.29, 0.717) is 16.9 Å². The summed E-state index contributed by atoms with van der Waals surface area (Å²) in [6, 6.07) is 3.49. The van der Waals surface area contributed by atoms with Crippen LogP contribution in [0.5, 0.6) is 0 Å². The third-order valence-corrected chi connectivity index (χ3v) is 1.43. The lowest BCUT2D eigenvalue weighted by molar-refractivity contribution is -0.104. The number of rotatable bonds is 3. The normalized spacial score (nSPS) is 10.2. The summed E-state index contributed by atoms with van der Waals surface area (Å²) in [5, 5.41) is 0. The van der Waals surface area contributed by atoms with E-state index in [1.165, 1.54) is 18.4 Å². The molecule has 0 radical (unpaired) electrons. The zero-order chi connectivity index (χ0) is 8.10. The molecule has 0 unspecified atom stereocenters. The summed E-state index contributed by atoms with van der Waals surface area (Å²) in [6.07, 6.45) is 5.08. The Hall–Kier alpha value is -1.22. The minimum atomic E-state index is 0.530. The third kappa shape index (κ3) is 2.13. The van der Waals surface area contributed by atoms with Crippen molar-refractivity contribution >= 4 is 23.4 Å². The zero-order valence-corrected chi connectivity index (χ0v) is 6.51. The van der Waals surface area contributed by atoms with E-state index in [-0.39, 0.29) is 0 Å². The fourth-order valence-electron chi connectivity index (χ4n) is 0.628. The van der Waals surface area contributed by atoms with Crippen LogP contribution in [0.2, 0.25) is 0 Å². The second-order valence-corrected chi connectivity index (χ2v) is 2.28. The minimum absolute atomic E-state index is 0.530.